The van der Waals surface area contributed by atoms with Crippen LogP contribution in [0.15, 0.2) is 23.1 Å². The molecular formula is C14H18ClF3N2O3S. The molecule has 1 aromatic rings. The first-order valence-electron chi connectivity index (χ1n) is 7.38. The first-order valence-corrected chi connectivity index (χ1v) is 8.82. The maximum atomic E-state index is 13.8. The number of fused-ring (bicyclic) bond motifs is 2. The molecule has 0 saturated carbocycles. The second-order valence-corrected chi connectivity index (χ2v) is 7.53. The number of hydrogen-bond donors (Lipinski definition) is 1. The van der Waals surface area contributed by atoms with E-state index in [2.05, 4.69) is 10.1 Å². The number of nitrogens with one attached hydrogen (secondary N) is 1. The second-order valence-electron chi connectivity index (χ2n) is 5.68. The zero-order chi connectivity index (χ0) is 16.6. The van der Waals surface area contributed by atoms with E-state index in [4.69, 9.17) is 0 Å². The minimum atomic E-state index is -3.88. The summed E-state index contributed by atoms with van der Waals surface area (Å²) >= 11 is 0. The average molecular weight is 387 g/mol. The standard InChI is InChI=1S/C14H17F3N2O3S.ClH/c15-12-7-11(3-4-13(12)22-14(16)17)23(20,21)19-9-1-2-10(19)8-18-6-5-9;/h3-4,7,9-10,14,18H,1-2,5-6,8H2;1H. The van der Waals surface area contributed by atoms with Crippen molar-refractivity contribution in [3.63, 3.8) is 0 Å². The van der Waals surface area contributed by atoms with Crippen LogP contribution in [0.4, 0.5) is 13.2 Å². The van der Waals surface area contributed by atoms with Crippen LogP contribution in [0.3, 0.4) is 0 Å². The zero-order valence-corrected chi connectivity index (χ0v) is 14.3. The minimum Gasteiger partial charge on any atom is -0.432 e. The Kier molecular flexibility index (Phi) is 6.00. The third kappa shape index (κ3) is 3.63. The smallest absolute Gasteiger partial charge is 0.387 e. The van der Waals surface area contributed by atoms with E-state index in [1.54, 1.807) is 0 Å². The van der Waals surface area contributed by atoms with Crippen LogP contribution < -0.4 is 10.1 Å². The predicted octanol–water partition coefficient (Wildman–Crippen LogP) is 2.36. The van der Waals surface area contributed by atoms with Crippen LogP contribution in [0.25, 0.3) is 0 Å². The molecule has 2 heterocycles. The Morgan fingerprint density at radius 3 is 2.58 bits per heavy atom. The molecule has 2 fully saturated rings. The van der Waals surface area contributed by atoms with Crippen molar-refractivity contribution in [3.8, 4) is 5.75 Å². The fourth-order valence-corrected chi connectivity index (χ4v) is 5.20. The number of ether oxygens (including phenoxy) is 1. The molecule has 1 N–H and O–H groups in total. The van der Waals surface area contributed by atoms with Crippen LogP contribution >= 0.6 is 12.4 Å². The quantitative estimate of drug-likeness (QED) is 0.863. The van der Waals surface area contributed by atoms with Crippen LogP contribution in [-0.4, -0.2) is 44.5 Å². The lowest BCUT2D eigenvalue weighted by atomic mass is 10.1. The van der Waals surface area contributed by atoms with Crippen molar-refractivity contribution in [3.05, 3.63) is 24.0 Å². The number of alkyl halides is 2. The molecule has 0 spiro atoms. The molecule has 2 aliphatic heterocycles. The van der Waals surface area contributed by atoms with Crippen LogP contribution in [0.2, 0.25) is 0 Å². The summed E-state index contributed by atoms with van der Waals surface area (Å²) in [6.07, 6.45) is 2.23. The van der Waals surface area contributed by atoms with Gasteiger partial charge in [-0.25, -0.2) is 12.8 Å². The van der Waals surface area contributed by atoms with E-state index >= 15 is 0 Å². The molecule has 24 heavy (non-hydrogen) atoms. The molecule has 5 nitrogen and oxygen atoms in total. The fourth-order valence-electron chi connectivity index (χ4n) is 3.29. The molecule has 0 aromatic heterocycles. The van der Waals surface area contributed by atoms with Crippen molar-refractivity contribution in [2.75, 3.05) is 13.1 Å². The molecule has 0 amide bonds. The van der Waals surface area contributed by atoms with Gasteiger partial charge >= 0.3 is 6.61 Å². The van der Waals surface area contributed by atoms with Gasteiger partial charge < -0.3 is 10.1 Å². The maximum absolute atomic E-state index is 13.8. The van der Waals surface area contributed by atoms with Crippen molar-refractivity contribution in [2.45, 2.75) is 42.9 Å². The number of halogens is 4. The third-order valence-electron chi connectivity index (χ3n) is 4.28. The van der Waals surface area contributed by atoms with Gasteiger partial charge in [-0.2, -0.15) is 13.1 Å². The minimum absolute atomic E-state index is 0. The van der Waals surface area contributed by atoms with E-state index < -0.39 is 28.2 Å². The van der Waals surface area contributed by atoms with Crippen molar-refractivity contribution >= 4 is 22.4 Å². The van der Waals surface area contributed by atoms with E-state index in [1.807, 2.05) is 0 Å². The second kappa shape index (κ2) is 7.47. The topological polar surface area (TPSA) is 58.6 Å². The van der Waals surface area contributed by atoms with Gasteiger partial charge in [-0.05, 0) is 44.0 Å². The van der Waals surface area contributed by atoms with E-state index in [9.17, 15) is 21.6 Å². The predicted molar refractivity (Wildman–Crippen MR) is 83.6 cm³/mol. The summed E-state index contributed by atoms with van der Waals surface area (Å²) in [6.45, 7) is -1.87. The van der Waals surface area contributed by atoms with Gasteiger partial charge in [-0.15, -0.1) is 12.4 Å². The van der Waals surface area contributed by atoms with Crippen LogP contribution in [-0.2, 0) is 10.0 Å². The number of rotatable bonds is 4. The number of sulfonamides is 1. The lowest BCUT2D eigenvalue weighted by Gasteiger charge is -2.27. The van der Waals surface area contributed by atoms with E-state index in [0.29, 0.717) is 13.0 Å². The largest absolute Gasteiger partial charge is 0.432 e. The lowest BCUT2D eigenvalue weighted by molar-refractivity contribution is -0.0522. The highest BCUT2D eigenvalue weighted by molar-refractivity contribution is 7.89. The van der Waals surface area contributed by atoms with Crippen molar-refractivity contribution in [1.82, 2.24) is 9.62 Å². The average Bonchev–Trinajstić information content (AvgIpc) is 2.74. The number of hydrogen-bond acceptors (Lipinski definition) is 4. The molecule has 2 unspecified atom stereocenters. The Hall–Kier alpha value is -1.03. The van der Waals surface area contributed by atoms with E-state index in [-0.39, 0.29) is 29.4 Å². The molecule has 2 aliphatic rings. The third-order valence-corrected chi connectivity index (χ3v) is 6.28. The normalized spacial score (nSPS) is 24.5. The summed E-state index contributed by atoms with van der Waals surface area (Å²) in [5.74, 6) is -1.79. The molecule has 2 saturated heterocycles. The summed E-state index contributed by atoms with van der Waals surface area (Å²) in [5.41, 5.74) is 0. The van der Waals surface area contributed by atoms with Gasteiger partial charge in [0.1, 0.15) is 0 Å². The van der Waals surface area contributed by atoms with Crippen LogP contribution in [0, 0.1) is 5.82 Å². The zero-order valence-electron chi connectivity index (χ0n) is 12.6. The summed E-state index contributed by atoms with van der Waals surface area (Å²) in [6, 6.07) is 2.50. The highest BCUT2D eigenvalue weighted by Crippen LogP contribution is 2.34. The first kappa shape index (κ1) is 19.3. The summed E-state index contributed by atoms with van der Waals surface area (Å²) in [5, 5.41) is 3.19. The molecule has 0 aliphatic carbocycles. The van der Waals surface area contributed by atoms with Gasteiger partial charge in [0.05, 0.1) is 4.90 Å². The Morgan fingerprint density at radius 2 is 1.92 bits per heavy atom. The number of benzene rings is 1. The van der Waals surface area contributed by atoms with Crippen molar-refractivity contribution in [1.29, 1.82) is 0 Å². The molecular weight excluding hydrogens is 369 g/mol. The molecule has 2 bridgehead atoms. The van der Waals surface area contributed by atoms with Gasteiger partial charge in [0.25, 0.3) is 0 Å². The SMILES string of the molecule is Cl.O=S(=O)(c1ccc(OC(F)F)c(F)c1)N1C2CCNCC1CC2. The first-order chi connectivity index (χ1) is 10.9. The summed E-state index contributed by atoms with van der Waals surface area (Å²) in [4.78, 5) is -0.240. The van der Waals surface area contributed by atoms with Crippen molar-refractivity contribution in [2.24, 2.45) is 0 Å². The highest BCUT2D eigenvalue weighted by atomic mass is 35.5. The van der Waals surface area contributed by atoms with E-state index in [0.717, 1.165) is 37.6 Å². The van der Waals surface area contributed by atoms with Gasteiger partial charge in [0, 0.05) is 18.6 Å². The summed E-state index contributed by atoms with van der Waals surface area (Å²) in [7, 11) is -3.88. The Balaban J connectivity index is 0.00000208. The van der Waals surface area contributed by atoms with Gasteiger partial charge in [-0.3, -0.25) is 0 Å². The van der Waals surface area contributed by atoms with Gasteiger partial charge in [-0.1, -0.05) is 0 Å². The Labute approximate surface area is 144 Å². The monoisotopic (exact) mass is 386 g/mol. The van der Waals surface area contributed by atoms with E-state index in [1.165, 1.54) is 4.31 Å². The molecule has 136 valence electrons. The Bertz CT molecular complexity index is 676. The molecule has 3 rings (SSSR count). The van der Waals surface area contributed by atoms with Gasteiger partial charge in [0.2, 0.25) is 10.0 Å². The van der Waals surface area contributed by atoms with Crippen molar-refractivity contribution < 1.29 is 26.3 Å². The van der Waals surface area contributed by atoms with Gasteiger partial charge in [0.15, 0.2) is 11.6 Å². The highest BCUT2D eigenvalue weighted by Gasteiger charge is 2.43. The van der Waals surface area contributed by atoms with Crippen LogP contribution in [0.1, 0.15) is 19.3 Å². The molecule has 1 aromatic carbocycles. The molecule has 2 atom stereocenters. The number of nitrogens with zero attached hydrogens (tertiary/aromatic N) is 1. The molecule has 0 radical (unpaired) electrons. The lowest BCUT2D eigenvalue weighted by Crippen LogP contribution is -2.42. The molecule has 10 heteroatoms. The maximum Gasteiger partial charge on any atom is 0.387 e. The van der Waals surface area contributed by atoms with Crippen LogP contribution in [0.5, 0.6) is 5.75 Å². The summed E-state index contributed by atoms with van der Waals surface area (Å²) < 4.78 is 69.3. The Morgan fingerprint density at radius 1 is 1.21 bits per heavy atom. The fraction of sp³-hybridized carbons (Fsp3) is 0.571.